The smallest absolute Gasteiger partial charge is 0.358 e. The summed E-state index contributed by atoms with van der Waals surface area (Å²) in [4.78, 5) is 0. The molecule has 0 bridgehead atoms. The summed E-state index contributed by atoms with van der Waals surface area (Å²) in [5.74, 6) is 0. The molecule has 0 saturated carbocycles. The van der Waals surface area contributed by atoms with E-state index < -0.39 is 0 Å². The Kier molecular flexibility index (Phi) is 133. The molecule has 0 unspecified atom stereocenters. The Bertz CT molecular complexity index is 60.5. The van der Waals surface area contributed by atoms with Crippen molar-refractivity contribution in [1.82, 2.24) is 0 Å². The molecule has 3 heteroatoms. The maximum Gasteiger partial charge on any atom is -0.358 e. The minimum absolute atomic E-state index is 0. The Morgan fingerprint density at radius 1 is 1.50 bits per heavy atom. The number of thiocarbonyl (C=S) groups is 1. The van der Waals surface area contributed by atoms with E-state index in [1.807, 2.05) is 13.8 Å². The maximum atomic E-state index is 4.25. The molecule has 0 N–H and O–H groups in total. The fourth-order valence-electron chi connectivity index (χ4n) is 0. The van der Waals surface area contributed by atoms with Crippen molar-refractivity contribution >= 4 is 25.5 Å². The average Bonchev–Trinajstić information content (AvgIpc) is 1.72. The molecule has 0 nitrogen and oxygen atoms in total. The Hall–Kier alpha value is 0.804. The van der Waals surface area contributed by atoms with Crippen molar-refractivity contribution in [2.75, 3.05) is 0 Å². The molecule has 0 aliphatic heterocycles. The fraction of sp³-hybridized carbons (Fsp3) is 0.600. The van der Waals surface area contributed by atoms with Crippen LogP contribution in [0.25, 0.3) is 0 Å². The van der Waals surface area contributed by atoms with E-state index in [9.17, 15) is 0 Å². The molecule has 0 spiro atoms. The predicted octanol–water partition coefficient (Wildman–Crippen LogP) is 3.13. The second kappa shape index (κ2) is 45.9. The molecule has 8 heavy (non-hydrogen) atoms. The first kappa shape index (κ1) is 23.2. The topological polar surface area (TPSA) is 0 Å². The van der Waals surface area contributed by atoms with Gasteiger partial charge in [0.25, 0.3) is 0 Å². The molecule has 0 aliphatic carbocycles. The van der Waals surface area contributed by atoms with Crippen LogP contribution in [0.5, 0.6) is 0 Å². The van der Waals surface area contributed by atoms with Gasteiger partial charge >= 0.3 is 41.3 Å². The number of hydrogen-bond acceptors (Lipinski definition) is 1. The standard InChI is InChI=1S/C2H6.CS2.CH4.CH3.V/c1-2;2-1-3;;;/h1-2H3;;1H4;1H3;/q;;;-1;. The Morgan fingerprint density at radius 2 is 1.62 bits per heavy atom. The average molecular weight is 188 g/mol. The molecule has 0 atom stereocenters. The van der Waals surface area contributed by atoms with Gasteiger partial charge in [-0.15, -0.1) is 0 Å². The van der Waals surface area contributed by atoms with Crippen LogP contribution in [-0.2, 0) is 15.7 Å². The van der Waals surface area contributed by atoms with E-state index in [1.165, 1.54) is 9.01 Å². The molecule has 0 aromatic heterocycles. The van der Waals surface area contributed by atoms with Crippen molar-refractivity contribution in [3.63, 3.8) is 0 Å². The zero-order valence-corrected chi connectivity index (χ0v) is 7.79. The van der Waals surface area contributed by atoms with Crippen LogP contribution in [0.1, 0.15) is 21.3 Å². The molecule has 0 heterocycles. The van der Waals surface area contributed by atoms with Gasteiger partial charge in [-0.1, -0.05) is 21.3 Å². The van der Waals surface area contributed by atoms with Crippen LogP contribution >= 0.6 is 21.2 Å². The molecule has 0 aromatic rings. The normalized spacial score (nSPS) is 2.62. The van der Waals surface area contributed by atoms with Gasteiger partial charge in [-0.05, 0) is 0 Å². The van der Waals surface area contributed by atoms with Crippen LogP contribution in [-0.4, -0.2) is 4.31 Å². The van der Waals surface area contributed by atoms with Gasteiger partial charge in [0.1, 0.15) is 0 Å². The van der Waals surface area contributed by atoms with Gasteiger partial charge in [-0.3, -0.25) is 0 Å². The van der Waals surface area contributed by atoms with Gasteiger partial charge in [0.2, 0.25) is 0 Å². The quantitative estimate of drug-likeness (QED) is 0.415. The Labute approximate surface area is 69.9 Å². The minimum atomic E-state index is 0. The molecule has 0 rings (SSSR count). The first-order chi connectivity index (χ1) is 2.91. The molecule has 0 aliphatic rings. The van der Waals surface area contributed by atoms with Gasteiger partial charge in [0.15, 0.2) is 0 Å². The second-order valence-corrected chi connectivity index (χ2v) is 1.88. The van der Waals surface area contributed by atoms with E-state index in [-0.39, 0.29) is 14.9 Å². The second-order valence-electron chi connectivity index (χ2n) is 0.175. The van der Waals surface area contributed by atoms with Gasteiger partial charge in [0, 0.05) is 0 Å². The monoisotopic (exact) mass is 188 g/mol. The van der Waals surface area contributed by atoms with E-state index >= 15 is 0 Å². The molecule has 51 valence electrons. The zero-order valence-electron chi connectivity index (χ0n) is 4.76. The molecule has 0 radical (unpaired) electrons. The maximum absolute atomic E-state index is 4.25. The molecular weight excluding hydrogens is 175 g/mol. The summed E-state index contributed by atoms with van der Waals surface area (Å²) in [6.45, 7) is 4.00. The Balaban J connectivity index is -0.0000000183. The summed E-state index contributed by atoms with van der Waals surface area (Å²) in [6.07, 6.45) is 0. The minimum Gasteiger partial charge on any atom is -0.358 e. The summed E-state index contributed by atoms with van der Waals surface area (Å²) >= 11 is 6.49. The van der Waals surface area contributed by atoms with E-state index in [0.29, 0.717) is 0 Å². The van der Waals surface area contributed by atoms with Crippen molar-refractivity contribution in [3.05, 3.63) is 7.43 Å². The van der Waals surface area contributed by atoms with Crippen LogP contribution in [0, 0.1) is 7.43 Å². The molecule has 0 fully saturated rings. The van der Waals surface area contributed by atoms with Crippen molar-refractivity contribution in [3.8, 4) is 0 Å². The number of hydrogen-bond donors (Lipinski definition) is 0. The van der Waals surface area contributed by atoms with Crippen molar-refractivity contribution in [2.24, 2.45) is 0 Å². The summed E-state index contributed by atoms with van der Waals surface area (Å²) in [5.41, 5.74) is 0. The molecule has 0 amide bonds. The summed E-state index contributed by atoms with van der Waals surface area (Å²) in [7, 11) is 1.36. The van der Waals surface area contributed by atoms with Crippen molar-refractivity contribution < 1.29 is 15.7 Å². The van der Waals surface area contributed by atoms with E-state index in [2.05, 4.69) is 32.3 Å². The van der Waals surface area contributed by atoms with Gasteiger partial charge in [-0.2, -0.15) is 0 Å². The summed E-state index contributed by atoms with van der Waals surface area (Å²) < 4.78 is 2.40. The zero-order chi connectivity index (χ0) is 5.41. The van der Waals surface area contributed by atoms with Gasteiger partial charge in [0.05, 0.1) is 0 Å². The van der Waals surface area contributed by atoms with E-state index in [0.717, 1.165) is 0 Å². The third-order valence-corrected chi connectivity index (χ3v) is 1.38. The SMILES string of the molecule is C.CC.S=C=[S]=[V].[CH3-]. The van der Waals surface area contributed by atoms with Crippen molar-refractivity contribution in [2.45, 2.75) is 21.3 Å². The van der Waals surface area contributed by atoms with Crippen LogP contribution in [0.2, 0.25) is 0 Å². The molecule has 0 aromatic carbocycles. The number of rotatable bonds is 0. The summed E-state index contributed by atoms with van der Waals surface area (Å²) in [6, 6.07) is 0. The molecule has 0 saturated heterocycles. The third kappa shape index (κ3) is 70.4. The van der Waals surface area contributed by atoms with Crippen LogP contribution in [0.4, 0.5) is 0 Å². The fourth-order valence-corrected chi connectivity index (χ4v) is 0. The predicted molar refractivity (Wildman–Crippen MR) is 44.7 cm³/mol. The first-order valence-corrected chi connectivity index (χ1v) is 4.48. The van der Waals surface area contributed by atoms with Crippen LogP contribution < -0.4 is 0 Å². The van der Waals surface area contributed by atoms with Crippen LogP contribution in [0.15, 0.2) is 0 Å². The Morgan fingerprint density at radius 3 is 1.62 bits per heavy atom. The summed E-state index contributed by atoms with van der Waals surface area (Å²) in [5, 5.41) is 0. The van der Waals surface area contributed by atoms with Gasteiger partial charge < -0.3 is 7.43 Å². The molecular formula is C5H13S2V-. The van der Waals surface area contributed by atoms with E-state index in [1.54, 1.807) is 0 Å². The van der Waals surface area contributed by atoms with Crippen molar-refractivity contribution in [1.29, 1.82) is 0 Å². The third-order valence-electron chi connectivity index (χ3n) is 0.0373. The largest absolute Gasteiger partial charge is 0.358 e. The van der Waals surface area contributed by atoms with Crippen LogP contribution in [0.3, 0.4) is 0 Å². The first-order valence-electron chi connectivity index (χ1n) is 1.59. The van der Waals surface area contributed by atoms with Gasteiger partial charge in [-0.25, -0.2) is 0 Å². The van der Waals surface area contributed by atoms with E-state index in [4.69, 9.17) is 0 Å².